The molecule has 134 valence electrons. The van der Waals surface area contributed by atoms with Crippen LogP contribution in [0.3, 0.4) is 0 Å². The second kappa shape index (κ2) is 7.60. The molecule has 0 saturated heterocycles. The maximum absolute atomic E-state index is 12.5. The van der Waals surface area contributed by atoms with Crippen LogP contribution in [-0.4, -0.2) is 17.8 Å². The van der Waals surface area contributed by atoms with Crippen LogP contribution >= 0.6 is 23.1 Å². The fourth-order valence-corrected chi connectivity index (χ4v) is 4.08. The first-order valence-electron chi connectivity index (χ1n) is 7.14. The fourth-order valence-electron chi connectivity index (χ4n) is 2.07. The smallest absolute Gasteiger partial charge is 0.265 e. The molecule has 0 aliphatic rings. The van der Waals surface area contributed by atoms with Gasteiger partial charge in [0.15, 0.2) is 0 Å². The second-order valence-electron chi connectivity index (χ2n) is 4.98. The Balaban J connectivity index is 1.90. The summed E-state index contributed by atoms with van der Waals surface area (Å²) in [5.41, 5.74) is 0.190. The minimum Gasteiger partial charge on any atom is -0.457 e. The second-order valence-corrected chi connectivity index (χ2v) is 7.82. The Kier molecular flexibility index (Phi) is 5.23. The summed E-state index contributed by atoms with van der Waals surface area (Å²) in [6, 6.07) is 12.2. The highest BCUT2D eigenvalue weighted by molar-refractivity contribution is 7.93. The van der Waals surface area contributed by atoms with Crippen molar-refractivity contribution in [2.75, 3.05) is 4.72 Å². The maximum Gasteiger partial charge on any atom is 0.265 e. The molecular formula is C16H8ClN5O3S2. The topological polar surface area (TPSA) is 129 Å². The van der Waals surface area contributed by atoms with E-state index >= 15 is 0 Å². The number of anilines is 1. The monoisotopic (exact) mass is 417 g/mol. The first kappa shape index (κ1) is 18.6. The molecule has 0 fully saturated rings. The van der Waals surface area contributed by atoms with Crippen LogP contribution in [0.2, 0.25) is 5.02 Å². The number of nitrogens with one attached hydrogen (secondary N) is 1. The number of hydrogen-bond acceptors (Lipinski definition) is 8. The van der Waals surface area contributed by atoms with Crippen molar-refractivity contribution in [2.45, 2.75) is 4.90 Å². The third-order valence-electron chi connectivity index (χ3n) is 3.24. The highest BCUT2D eigenvalue weighted by Crippen LogP contribution is 2.29. The zero-order chi connectivity index (χ0) is 19.4. The lowest BCUT2D eigenvalue weighted by molar-refractivity contribution is 0.482. The summed E-state index contributed by atoms with van der Waals surface area (Å²) in [5.74, 6) is 0.577. The Morgan fingerprint density at radius 3 is 2.41 bits per heavy atom. The highest BCUT2D eigenvalue weighted by atomic mass is 35.5. The van der Waals surface area contributed by atoms with Crippen molar-refractivity contribution in [1.82, 2.24) is 9.36 Å². The Labute approximate surface area is 163 Å². The molecule has 8 nitrogen and oxygen atoms in total. The van der Waals surface area contributed by atoms with Gasteiger partial charge in [-0.15, -0.1) is 0 Å². The molecule has 0 radical (unpaired) electrons. The van der Waals surface area contributed by atoms with Gasteiger partial charge in [0.1, 0.15) is 34.9 Å². The van der Waals surface area contributed by atoms with Crippen molar-refractivity contribution < 1.29 is 13.2 Å². The number of nitrogens with zero attached hydrogens (tertiary/aromatic N) is 4. The SMILES string of the molecule is N#Cc1ccc(Oc2ccc(S(=O)(=O)Nc3ncns3)c(C#N)c2)cc1Cl. The first-order chi connectivity index (χ1) is 12.9. The maximum atomic E-state index is 12.5. The minimum absolute atomic E-state index is 0.0893. The molecule has 0 aliphatic carbocycles. The van der Waals surface area contributed by atoms with Crippen LogP contribution < -0.4 is 9.46 Å². The number of ether oxygens (including phenoxy) is 1. The standard InChI is InChI=1S/C16H8ClN5O3S2/c17-14-6-13(2-1-10(14)7-18)25-12-3-4-15(11(5-12)8-19)27(23,24)22-16-20-9-21-26-16/h1-6,9H,(H,20,21,22). The van der Waals surface area contributed by atoms with Crippen molar-refractivity contribution in [3.8, 4) is 23.6 Å². The minimum atomic E-state index is -4.01. The van der Waals surface area contributed by atoms with E-state index in [1.165, 1.54) is 42.7 Å². The molecule has 0 spiro atoms. The third kappa shape index (κ3) is 4.15. The zero-order valence-corrected chi connectivity index (χ0v) is 15.6. The lowest BCUT2D eigenvalue weighted by Gasteiger charge is -2.10. The summed E-state index contributed by atoms with van der Waals surface area (Å²) in [7, 11) is -4.01. The van der Waals surface area contributed by atoms with Crippen molar-refractivity contribution in [3.63, 3.8) is 0 Å². The molecule has 1 N–H and O–H groups in total. The number of hydrogen-bond donors (Lipinski definition) is 1. The van der Waals surface area contributed by atoms with E-state index in [9.17, 15) is 13.7 Å². The molecule has 27 heavy (non-hydrogen) atoms. The number of halogens is 1. The van der Waals surface area contributed by atoms with Crippen LogP contribution in [0.15, 0.2) is 47.6 Å². The lowest BCUT2D eigenvalue weighted by Crippen LogP contribution is -2.14. The van der Waals surface area contributed by atoms with E-state index in [2.05, 4.69) is 14.1 Å². The van der Waals surface area contributed by atoms with E-state index in [0.29, 0.717) is 11.3 Å². The molecule has 1 aromatic heterocycles. The van der Waals surface area contributed by atoms with Gasteiger partial charge in [0.05, 0.1) is 16.1 Å². The average molecular weight is 418 g/mol. The van der Waals surface area contributed by atoms with Gasteiger partial charge in [0, 0.05) is 17.6 Å². The van der Waals surface area contributed by atoms with E-state index in [-0.39, 0.29) is 26.4 Å². The quantitative estimate of drug-likeness (QED) is 0.672. The molecule has 2 aromatic carbocycles. The van der Waals surface area contributed by atoms with Crippen LogP contribution in [0.4, 0.5) is 5.13 Å². The van der Waals surface area contributed by atoms with Gasteiger partial charge < -0.3 is 4.74 Å². The summed E-state index contributed by atoms with van der Waals surface area (Å²) >= 11 is 6.83. The van der Waals surface area contributed by atoms with Crippen LogP contribution in [-0.2, 0) is 10.0 Å². The molecule has 3 rings (SSSR count). The summed E-state index contributed by atoms with van der Waals surface area (Å²) < 4.78 is 36.5. The molecule has 0 unspecified atom stereocenters. The van der Waals surface area contributed by atoms with Crippen LogP contribution in [0.5, 0.6) is 11.5 Å². The van der Waals surface area contributed by atoms with Gasteiger partial charge >= 0.3 is 0 Å². The molecule has 11 heteroatoms. The number of sulfonamides is 1. The summed E-state index contributed by atoms with van der Waals surface area (Å²) in [5, 5.41) is 18.5. The van der Waals surface area contributed by atoms with Gasteiger partial charge in [-0.1, -0.05) is 11.6 Å². The number of benzene rings is 2. The van der Waals surface area contributed by atoms with Gasteiger partial charge in [0.25, 0.3) is 10.0 Å². The van der Waals surface area contributed by atoms with Gasteiger partial charge in [-0.3, -0.25) is 4.72 Å². The molecule has 3 aromatic rings. The predicted octanol–water partition coefficient (Wildman–Crippen LogP) is 3.53. The lowest BCUT2D eigenvalue weighted by atomic mass is 10.2. The number of rotatable bonds is 5. The van der Waals surface area contributed by atoms with E-state index in [4.69, 9.17) is 21.6 Å². The largest absolute Gasteiger partial charge is 0.457 e. The van der Waals surface area contributed by atoms with Gasteiger partial charge in [-0.2, -0.15) is 14.9 Å². The van der Waals surface area contributed by atoms with Crippen molar-refractivity contribution >= 4 is 38.3 Å². The molecule has 0 atom stereocenters. The number of nitriles is 2. The van der Waals surface area contributed by atoms with E-state index in [1.807, 2.05) is 12.1 Å². The van der Waals surface area contributed by atoms with E-state index in [1.54, 1.807) is 0 Å². The van der Waals surface area contributed by atoms with E-state index < -0.39 is 10.0 Å². The van der Waals surface area contributed by atoms with Gasteiger partial charge in [-0.25, -0.2) is 13.4 Å². The average Bonchev–Trinajstić information content (AvgIpc) is 3.14. The van der Waals surface area contributed by atoms with Gasteiger partial charge in [0.2, 0.25) is 5.13 Å². The van der Waals surface area contributed by atoms with E-state index in [0.717, 1.165) is 11.5 Å². The first-order valence-corrected chi connectivity index (χ1v) is 9.77. The van der Waals surface area contributed by atoms with Crippen molar-refractivity contribution in [3.05, 3.63) is 58.9 Å². The van der Waals surface area contributed by atoms with Gasteiger partial charge in [-0.05, 0) is 30.3 Å². The van der Waals surface area contributed by atoms with Crippen molar-refractivity contribution in [1.29, 1.82) is 10.5 Å². The summed E-state index contributed by atoms with van der Waals surface area (Å²) in [6.45, 7) is 0. The molecule has 0 saturated carbocycles. The predicted molar refractivity (Wildman–Crippen MR) is 98.1 cm³/mol. The van der Waals surface area contributed by atoms with Crippen LogP contribution in [0.1, 0.15) is 11.1 Å². The highest BCUT2D eigenvalue weighted by Gasteiger charge is 2.21. The Hall–Kier alpha value is -3.18. The summed E-state index contributed by atoms with van der Waals surface area (Å²) in [4.78, 5) is 3.54. The molecule has 1 heterocycles. The molecule has 0 amide bonds. The Morgan fingerprint density at radius 2 is 1.78 bits per heavy atom. The molecular weight excluding hydrogens is 410 g/mol. The Morgan fingerprint density at radius 1 is 1.07 bits per heavy atom. The van der Waals surface area contributed by atoms with Crippen LogP contribution in [0.25, 0.3) is 0 Å². The Bertz CT molecular complexity index is 1180. The molecule has 0 bridgehead atoms. The summed E-state index contributed by atoms with van der Waals surface area (Å²) in [6.07, 6.45) is 1.22. The zero-order valence-electron chi connectivity index (χ0n) is 13.2. The third-order valence-corrected chi connectivity index (χ3v) is 5.66. The number of aromatic nitrogens is 2. The normalized spacial score (nSPS) is 10.6. The molecule has 0 aliphatic heterocycles. The van der Waals surface area contributed by atoms with Crippen molar-refractivity contribution in [2.24, 2.45) is 0 Å². The fraction of sp³-hybridized carbons (Fsp3) is 0. The van der Waals surface area contributed by atoms with Crippen LogP contribution in [0, 0.1) is 22.7 Å².